The number of nitrogens with one attached hydrogen (secondary N) is 2. The molecule has 0 aliphatic heterocycles. The summed E-state index contributed by atoms with van der Waals surface area (Å²) in [5.74, 6) is -1.81. The molecule has 1 aromatic rings. The first-order chi connectivity index (χ1) is 9.52. The molecule has 0 aliphatic carbocycles. The largest absolute Gasteiger partial charge is 0.484 e. The van der Waals surface area contributed by atoms with Crippen LogP contribution >= 0.6 is 0 Å². The number of carbonyl (C=O) groups is 3. The van der Waals surface area contributed by atoms with E-state index in [1.807, 2.05) is 0 Å². The lowest BCUT2D eigenvalue weighted by molar-refractivity contribution is -0.138. The average molecular weight is 278 g/mol. The molecule has 0 bridgehead atoms. The summed E-state index contributed by atoms with van der Waals surface area (Å²) < 4.78 is 5.10. The molecule has 0 saturated heterocycles. The molecule has 0 fully saturated rings. The molecule has 0 spiro atoms. The molecule has 4 N–H and O–H groups in total. The normalized spacial score (nSPS) is 10.1. The van der Waals surface area contributed by atoms with Crippen molar-refractivity contribution in [3.8, 4) is 5.75 Å². The van der Waals surface area contributed by atoms with Gasteiger partial charge in [-0.15, -0.1) is 0 Å². The van der Waals surface area contributed by atoms with E-state index in [1.54, 1.807) is 24.3 Å². The van der Waals surface area contributed by atoms with E-state index in [-0.39, 0.29) is 6.61 Å². The number of nitrogens with zero attached hydrogens (tertiary/aromatic N) is 1. The van der Waals surface area contributed by atoms with Crippen molar-refractivity contribution in [1.29, 1.82) is 0 Å². The van der Waals surface area contributed by atoms with Crippen LogP contribution in [-0.4, -0.2) is 37.6 Å². The maximum atomic E-state index is 11.1. The lowest BCUT2D eigenvalue weighted by Gasteiger charge is -2.03. The van der Waals surface area contributed by atoms with E-state index in [0.29, 0.717) is 11.3 Å². The fourth-order valence-corrected chi connectivity index (χ4v) is 1.17. The van der Waals surface area contributed by atoms with Crippen LogP contribution in [-0.2, 0) is 14.4 Å². The molecule has 0 aliphatic rings. The van der Waals surface area contributed by atoms with Gasteiger partial charge in [-0.05, 0) is 17.7 Å². The van der Waals surface area contributed by atoms with Crippen LogP contribution in [0.15, 0.2) is 29.4 Å². The van der Waals surface area contributed by atoms with Crippen molar-refractivity contribution in [2.45, 2.75) is 0 Å². The van der Waals surface area contributed by atoms with Crippen LogP contribution in [0.25, 0.3) is 0 Å². The van der Waals surface area contributed by atoms with E-state index in [9.17, 15) is 14.4 Å². The molecule has 0 aromatic heterocycles. The van der Waals surface area contributed by atoms with Crippen LogP contribution in [0.1, 0.15) is 5.56 Å². The maximum absolute atomic E-state index is 11.1. The third kappa shape index (κ3) is 5.17. The van der Waals surface area contributed by atoms with Gasteiger partial charge in [-0.3, -0.25) is 14.4 Å². The van der Waals surface area contributed by atoms with E-state index in [4.69, 9.17) is 10.5 Å². The Morgan fingerprint density at radius 2 is 2.10 bits per heavy atom. The van der Waals surface area contributed by atoms with Crippen LogP contribution in [0.3, 0.4) is 0 Å². The van der Waals surface area contributed by atoms with Crippen molar-refractivity contribution >= 4 is 23.9 Å². The Bertz CT molecular complexity index is 542. The van der Waals surface area contributed by atoms with Crippen LogP contribution in [0.5, 0.6) is 5.75 Å². The zero-order valence-electron chi connectivity index (χ0n) is 10.8. The second-order valence-corrected chi connectivity index (χ2v) is 3.61. The van der Waals surface area contributed by atoms with Gasteiger partial charge in [0.2, 0.25) is 0 Å². The topological polar surface area (TPSA) is 123 Å². The summed E-state index contributed by atoms with van der Waals surface area (Å²) in [4.78, 5) is 32.6. The predicted molar refractivity (Wildman–Crippen MR) is 70.9 cm³/mol. The summed E-state index contributed by atoms with van der Waals surface area (Å²) in [6, 6.07) is 6.62. The second-order valence-electron chi connectivity index (χ2n) is 3.61. The van der Waals surface area contributed by atoms with Crippen molar-refractivity contribution in [2.24, 2.45) is 10.8 Å². The number of primary amides is 1. The van der Waals surface area contributed by atoms with E-state index < -0.39 is 17.7 Å². The Hall–Kier alpha value is -2.90. The number of hydrazone groups is 1. The Morgan fingerprint density at radius 1 is 1.35 bits per heavy atom. The van der Waals surface area contributed by atoms with Crippen LogP contribution in [0.2, 0.25) is 0 Å². The van der Waals surface area contributed by atoms with Gasteiger partial charge in [0.05, 0.1) is 6.21 Å². The van der Waals surface area contributed by atoms with Gasteiger partial charge in [0, 0.05) is 7.05 Å². The number of hydrogen-bond acceptors (Lipinski definition) is 5. The third-order valence-electron chi connectivity index (χ3n) is 2.05. The molecule has 0 atom stereocenters. The predicted octanol–water partition coefficient (Wildman–Crippen LogP) is -1.25. The summed E-state index contributed by atoms with van der Waals surface area (Å²) in [6.45, 7) is -0.228. The molecule has 20 heavy (non-hydrogen) atoms. The first-order valence-corrected chi connectivity index (χ1v) is 5.59. The van der Waals surface area contributed by atoms with Crippen LogP contribution in [0.4, 0.5) is 0 Å². The average Bonchev–Trinajstić information content (AvgIpc) is 2.44. The minimum Gasteiger partial charge on any atom is -0.484 e. The SMILES string of the molecule is CNC(=O)C(=O)N/N=C\c1cccc(OCC(N)=O)c1. The molecule has 0 heterocycles. The fourth-order valence-electron chi connectivity index (χ4n) is 1.17. The van der Waals surface area contributed by atoms with Crippen molar-refractivity contribution < 1.29 is 19.1 Å². The van der Waals surface area contributed by atoms with Crippen molar-refractivity contribution in [3.63, 3.8) is 0 Å². The molecule has 8 heteroatoms. The molecule has 0 unspecified atom stereocenters. The summed E-state index contributed by atoms with van der Waals surface area (Å²) in [7, 11) is 1.34. The smallest absolute Gasteiger partial charge is 0.329 e. The Balaban J connectivity index is 2.59. The van der Waals surface area contributed by atoms with E-state index in [2.05, 4.69) is 15.8 Å². The second kappa shape index (κ2) is 7.52. The van der Waals surface area contributed by atoms with E-state index in [1.165, 1.54) is 13.3 Å². The Labute approximate surface area is 115 Å². The van der Waals surface area contributed by atoms with Gasteiger partial charge in [0.15, 0.2) is 6.61 Å². The zero-order valence-corrected chi connectivity index (χ0v) is 10.8. The van der Waals surface area contributed by atoms with Crippen LogP contribution in [0, 0.1) is 0 Å². The highest BCUT2D eigenvalue weighted by Crippen LogP contribution is 2.11. The van der Waals surface area contributed by atoms with Crippen LogP contribution < -0.4 is 21.2 Å². The maximum Gasteiger partial charge on any atom is 0.329 e. The first-order valence-electron chi connectivity index (χ1n) is 5.59. The number of ether oxygens (including phenoxy) is 1. The number of rotatable bonds is 5. The quantitative estimate of drug-likeness (QED) is 0.353. The summed E-state index contributed by atoms with van der Waals surface area (Å²) in [6.07, 6.45) is 1.33. The molecule has 0 saturated carbocycles. The third-order valence-corrected chi connectivity index (χ3v) is 2.05. The molecule has 1 rings (SSSR count). The Kier molecular flexibility index (Phi) is 5.70. The molecular weight excluding hydrogens is 264 g/mol. The summed E-state index contributed by atoms with van der Waals surface area (Å²) >= 11 is 0. The molecule has 1 aromatic carbocycles. The number of amides is 3. The highest BCUT2D eigenvalue weighted by molar-refractivity contribution is 6.34. The highest BCUT2D eigenvalue weighted by Gasteiger charge is 2.08. The molecular formula is C12H14N4O4. The highest BCUT2D eigenvalue weighted by atomic mass is 16.5. The van der Waals surface area contributed by atoms with E-state index in [0.717, 1.165) is 0 Å². The van der Waals surface area contributed by atoms with Crippen molar-refractivity contribution in [2.75, 3.05) is 13.7 Å². The number of hydrogen-bond donors (Lipinski definition) is 3. The van der Waals surface area contributed by atoms with Gasteiger partial charge in [-0.25, -0.2) is 5.43 Å². The lowest BCUT2D eigenvalue weighted by Crippen LogP contribution is -2.35. The van der Waals surface area contributed by atoms with Crippen molar-refractivity contribution in [1.82, 2.24) is 10.7 Å². The zero-order chi connectivity index (χ0) is 15.0. The monoisotopic (exact) mass is 278 g/mol. The minimum atomic E-state index is -0.870. The molecule has 0 radical (unpaired) electrons. The van der Waals surface area contributed by atoms with Gasteiger partial charge in [0.1, 0.15) is 5.75 Å². The van der Waals surface area contributed by atoms with Gasteiger partial charge >= 0.3 is 11.8 Å². The number of nitrogens with two attached hydrogens (primary N) is 1. The first kappa shape index (κ1) is 15.2. The number of carbonyl (C=O) groups excluding carboxylic acids is 3. The van der Waals surface area contributed by atoms with Gasteiger partial charge in [-0.1, -0.05) is 12.1 Å². The standard InChI is InChI=1S/C12H14N4O4/c1-14-11(18)12(19)16-15-6-8-3-2-4-9(5-8)20-7-10(13)17/h2-6H,7H2,1H3,(H2,13,17)(H,14,18)(H,16,19)/b15-6-. The van der Waals surface area contributed by atoms with Gasteiger partial charge in [-0.2, -0.15) is 5.10 Å². The van der Waals surface area contributed by atoms with E-state index >= 15 is 0 Å². The number of likely N-dealkylation sites (N-methyl/N-ethyl adjacent to an activating group) is 1. The Morgan fingerprint density at radius 3 is 2.75 bits per heavy atom. The summed E-state index contributed by atoms with van der Waals surface area (Å²) in [5, 5.41) is 5.78. The minimum absolute atomic E-state index is 0.228. The van der Waals surface area contributed by atoms with Gasteiger partial charge in [0.25, 0.3) is 5.91 Å². The lowest BCUT2D eigenvalue weighted by atomic mass is 10.2. The van der Waals surface area contributed by atoms with Gasteiger partial charge < -0.3 is 15.8 Å². The molecule has 3 amide bonds. The molecule has 8 nitrogen and oxygen atoms in total. The fraction of sp³-hybridized carbons (Fsp3) is 0.167. The molecule has 106 valence electrons. The van der Waals surface area contributed by atoms with Crippen molar-refractivity contribution in [3.05, 3.63) is 29.8 Å². The number of benzene rings is 1. The summed E-state index contributed by atoms with van der Waals surface area (Å²) in [5.41, 5.74) is 7.63.